The highest BCUT2D eigenvalue weighted by molar-refractivity contribution is 5.76. The van der Waals surface area contributed by atoms with Crippen LogP contribution in [0.3, 0.4) is 0 Å². The Labute approximate surface area is 139 Å². The lowest BCUT2D eigenvalue weighted by atomic mass is 9.92. The molecule has 1 aliphatic carbocycles. The Morgan fingerprint density at radius 1 is 0.870 bits per heavy atom. The minimum atomic E-state index is -0.615. The van der Waals surface area contributed by atoms with Crippen molar-refractivity contribution in [2.45, 2.75) is 108 Å². The first-order valence-electron chi connectivity index (χ1n) is 9.50. The third-order valence-electron chi connectivity index (χ3n) is 5.34. The second-order valence-corrected chi connectivity index (χ2v) is 7.29. The van der Waals surface area contributed by atoms with Crippen LogP contribution < -0.4 is 5.32 Å². The van der Waals surface area contributed by atoms with Gasteiger partial charge in [-0.3, -0.25) is 4.79 Å². The molecule has 1 amide bonds. The topological polar surface area (TPSA) is 74.4 Å². The average molecular weight is 325 g/mol. The number of ether oxygens (including phenoxy) is 2. The molecule has 5 nitrogen and oxygen atoms in total. The van der Waals surface area contributed by atoms with Crippen molar-refractivity contribution >= 4 is 5.91 Å². The van der Waals surface area contributed by atoms with Crippen LogP contribution in [0.4, 0.5) is 0 Å². The number of hydrogen-bond donors (Lipinski definition) is 2. The van der Waals surface area contributed by atoms with Gasteiger partial charge in [0.15, 0.2) is 0 Å². The van der Waals surface area contributed by atoms with Gasteiger partial charge in [-0.15, -0.1) is 0 Å². The van der Waals surface area contributed by atoms with Crippen molar-refractivity contribution in [3.63, 3.8) is 0 Å². The third-order valence-corrected chi connectivity index (χ3v) is 5.34. The molecule has 3 aliphatic rings. The summed E-state index contributed by atoms with van der Waals surface area (Å²) >= 11 is 0. The lowest BCUT2D eigenvalue weighted by Gasteiger charge is -2.23. The van der Waals surface area contributed by atoms with E-state index < -0.39 is 6.10 Å². The second kappa shape index (κ2) is 7.95. The van der Waals surface area contributed by atoms with Crippen LogP contribution in [0, 0.1) is 0 Å². The van der Waals surface area contributed by atoms with Crippen molar-refractivity contribution in [3.05, 3.63) is 0 Å². The van der Waals surface area contributed by atoms with Gasteiger partial charge in [-0.25, -0.2) is 0 Å². The number of aliphatic hydroxyl groups is 1. The summed E-state index contributed by atoms with van der Waals surface area (Å²) in [5.74, 6) is 0.0327. The monoisotopic (exact) mass is 325 g/mol. The zero-order chi connectivity index (χ0) is 16.2. The Hall–Kier alpha value is -0.650. The fraction of sp³-hybridized carbons (Fsp3) is 0.944. The van der Waals surface area contributed by atoms with Crippen molar-refractivity contribution in [2.24, 2.45) is 0 Å². The fourth-order valence-electron chi connectivity index (χ4n) is 3.79. The summed E-state index contributed by atoms with van der Waals surface area (Å²) in [6, 6.07) is -0.283. The van der Waals surface area contributed by atoms with Crippen molar-refractivity contribution < 1.29 is 19.4 Å². The maximum atomic E-state index is 12.0. The van der Waals surface area contributed by atoms with Crippen LogP contribution in [0.25, 0.3) is 0 Å². The number of fused-ring (bicyclic) bond motifs is 3. The lowest BCUT2D eigenvalue weighted by Crippen LogP contribution is -2.52. The second-order valence-electron chi connectivity index (χ2n) is 7.29. The highest BCUT2D eigenvalue weighted by atomic mass is 16.7. The van der Waals surface area contributed by atoms with Gasteiger partial charge in [0, 0.05) is 6.42 Å². The first kappa shape index (κ1) is 17.2. The molecule has 0 aromatic rings. The lowest BCUT2D eigenvalue weighted by molar-refractivity contribution is -0.123. The number of aliphatic hydroxyl groups excluding tert-OH is 1. The molecule has 0 bridgehead atoms. The number of carbonyl (C=O) groups excluding carboxylic acids is 1. The van der Waals surface area contributed by atoms with Gasteiger partial charge in [0.2, 0.25) is 5.91 Å². The first-order valence-corrected chi connectivity index (χ1v) is 9.50. The Bertz CT molecular complexity index is 402. The molecule has 1 saturated carbocycles. The molecule has 0 aromatic carbocycles. The van der Waals surface area contributed by atoms with E-state index in [0.717, 1.165) is 12.8 Å². The number of amides is 1. The Morgan fingerprint density at radius 3 is 2.13 bits per heavy atom. The van der Waals surface area contributed by atoms with Crippen LogP contribution in [0.2, 0.25) is 0 Å². The van der Waals surface area contributed by atoms with Gasteiger partial charge in [-0.2, -0.15) is 0 Å². The first-order chi connectivity index (χ1) is 11.2. The SMILES string of the molecule is CCCCCCCCCCCC(=O)N[C@H]1[C@H](O)[C@H]2O[C@H]2[C@H]2O[C@@H]12. The van der Waals surface area contributed by atoms with Crippen molar-refractivity contribution in [2.75, 3.05) is 0 Å². The molecule has 0 spiro atoms. The third kappa shape index (κ3) is 4.46. The molecule has 0 aromatic heterocycles. The van der Waals surface area contributed by atoms with Crippen molar-refractivity contribution in [1.82, 2.24) is 5.32 Å². The van der Waals surface area contributed by atoms with E-state index in [4.69, 9.17) is 9.47 Å². The van der Waals surface area contributed by atoms with Gasteiger partial charge in [0.05, 0.1) is 6.04 Å². The molecule has 2 heterocycles. The van der Waals surface area contributed by atoms with Gasteiger partial charge in [0.25, 0.3) is 0 Å². The van der Waals surface area contributed by atoms with Gasteiger partial charge in [0.1, 0.15) is 30.5 Å². The molecule has 6 atom stereocenters. The maximum absolute atomic E-state index is 12.0. The summed E-state index contributed by atoms with van der Waals surface area (Å²) in [5, 5.41) is 13.1. The summed E-state index contributed by atoms with van der Waals surface area (Å²) in [4.78, 5) is 12.0. The minimum absolute atomic E-state index is 0.0327. The van der Waals surface area contributed by atoms with E-state index >= 15 is 0 Å². The molecule has 2 aliphatic heterocycles. The highest BCUT2D eigenvalue weighted by Gasteiger charge is 2.69. The average Bonchev–Trinajstić information content (AvgIpc) is 3.41. The van der Waals surface area contributed by atoms with E-state index in [2.05, 4.69) is 12.2 Å². The van der Waals surface area contributed by atoms with Crippen molar-refractivity contribution in [1.29, 1.82) is 0 Å². The van der Waals surface area contributed by atoms with Crippen molar-refractivity contribution in [3.8, 4) is 0 Å². The van der Waals surface area contributed by atoms with Crippen LogP contribution in [-0.4, -0.2) is 47.6 Å². The summed E-state index contributed by atoms with van der Waals surface area (Å²) in [6.07, 6.45) is 11.2. The predicted molar refractivity (Wildman–Crippen MR) is 87.1 cm³/mol. The molecule has 3 rings (SSSR count). The zero-order valence-electron chi connectivity index (χ0n) is 14.2. The number of epoxide rings is 2. The molecule has 23 heavy (non-hydrogen) atoms. The minimum Gasteiger partial charge on any atom is -0.388 e. The number of nitrogens with one attached hydrogen (secondary N) is 1. The Kier molecular flexibility index (Phi) is 5.94. The zero-order valence-corrected chi connectivity index (χ0v) is 14.2. The van der Waals surface area contributed by atoms with E-state index in [9.17, 15) is 9.90 Å². The van der Waals surface area contributed by atoms with Crippen LogP contribution >= 0.6 is 0 Å². The smallest absolute Gasteiger partial charge is 0.220 e. The van der Waals surface area contributed by atoms with Crippen LogP contribution in [0.15, 0.2) is 0 Å². The molecule has 5 heteroatoms. The predicted octanol–water partition coefficient (Wildman–Crippen LogP) is 2.30. The Balaban J connectivity index is 1.21. The number of carbonyl (C=O) groups is 1. The van der Waals surface area contributed by atoms with Gasteiger partial charge in [-0.05, 0) is 6.42 Å². The maximum Gasteiger partial charge on any atom is 0.220 e. The van der Waals surface area contributed by atoms with Gasteiger partial charge in [-0.1, -0.05) is 58.3 Å². The standard InChI is InChI=1S/C18H31NO4/c1-2-3-4-5-6-7-8-9-10-11-12(20)19-13-14(21)16-18(23-16)17-15(13)22-17/h13-18,21H,2-11H2,1H3,(H,19,20)/t13-,14-,15-,16+,17-,18+/m0/s1. The van der Waals surface area contributed by atoms with E-state index in [1.165, 1.54) is 44.9 Å². The van der Waals surface area contributed by atoms with Crippen LogP contribution in [0.1, 0.15) is 71.1 Å². The number of hydrogen-bond acceptors (Lipinski definition) is 4. The summed E-state index contributed by atoms with van der Waals surface area (Å²) in [5.41, 5.74) is 0. The molecule has 2 N–H and O–H groups in total. The Morgan fingerprint density at radius 2 is 1.43 bits per heavy atom. The van der Waals surface area contributed by atoms with E-state index in [-0.39, 0.29) is 36.4 Å². The van der Waals surface area contributed by atoms with Gasteiger partial charge < -0.3 is 19.9 Å². The summed E-state index contributed by atoms with van der Waals surface area (Å²) < 4.78 is 10.9. The van der Waals surface area contributed by atoms with Crippen LogP contribution in [-0.2, 0) is 14.3 Å². The molecule has 3 fully saturated rings. The molecule has 132 valence electrons. The van der Waals surface area contributed by atoms with Crippen LogP contribution in [0.5, 0.6) is 0 Å². The normalized spacial score (nSPS) is 37.0. The fourth-order valence-corrected chi connectivity index (χ4v) is 3.79. The summed E-state index contributed by atoms with van der Waals surface area (Å²) in [7, 11) is 0. The highest BCUT2D eigenvalue weighted by Crippen LogP contribution is 2.48. The molecule has 0 radical (unpaired) electrons. The van der Waals surface area contributed by atoms with E-state index in [1.807, 2.05) is 0 Å². The molecule has 0 unspecified atom stereocenters. The number of rotatable bonds is 11. The quantitative estimate of drug-likeness (QED) is 0.451. The molecular formula is C18H31NO4. The molecular weight excluding hydrogens is 294 g/mol. The van der Waals surface area contributed by atoms with E-state index in [0.29, 0.717) is 6.42 Å². The molecule has 2 saturated heterocycles. The van der Waals surface area contributed by atoms with Gasteiger partial charge >= 0.3 is 0 Å². The van der Waals surface area contributed by atoms with E-state index in [1.54, 1.807) is 0 Å². The number of unbranched alkanes of at least 4 members (excludes halogenated alkanes) is 8. The summed E-state index contributed by atoms with van der Waals surface area (Å²) in [6.45, 7) is 2.24. The largest absolute Gasteiger partial charge is 0.388 e.